The second-order valence-corrected chi connectivity index (χ2v) is 5.03. The first-order valence-electron chi connectivity index (χ1n) is 7.23. The van der Waals surface area contributed by atoms with Gasteiger partial charge >= 0.3 is 12.0 Å². The number of esters is 1. The number of carbonyl (C=O) groups is 2. The van der Waals surface area contributed by atoms with Crippen molar-refractivity contribution in [3.05, 3.63) is 41.7 Å². The molecule has 0 aliphatic carbocycles. The number of carbonyl (C=O) groups excluding carboxylic acids is 2. The smallest absolute Gasteiger partial charge is 0.320 e. The molecule has 0 saturated carbocycles. The summed E-state index contributed by atoms with van der Waals surface area (Å²) < 4.78 is 14.7. The third-order valence-corrected chi connectivity index (χ3v) is 3.29. The zero-order valence-electron chi connectivity index (χ0n) is 13.7. The lowest BCUT2D eigenvalue weighted by Gasteiger charge is -2.18. The number of aryl methyl sites for hydroxylation is 1. The van der Waals surface area contributed by atoms with Crippen molar-refractivity contribution in [1.29, 1.82) is 0 Å². The van der Waals surface area contributed by atoms with Crippen molar-refractivity contribution in [3.8, 4) is 5.75 Å². The number of urea groups is 1. The third kappa shape index (κ3) is 4.73. The Morgan fingerprint density at radius 2 is 1.96 bits per heavy atom. The standard InChI is InChI=1S/C16H19N3O5/c1-10-8-14(19-24-10)18-16(21)17-13(9-15(20)23-3)11-4-6-12(22-2)7-5-11/h4-8,13H,9H2,1-3H3,(H2,17,18,19,21)/t13-/m0/s1. The van der Waals surface area contributed by atoms with Crippen molar-refractivity contribution < 1.29 is 23.6 Å². The quantitative estimate of drug-likeness (QED) is 0.787. The van der Waals surface area contributed by atoms with Gasteiger partial charge in [-0.05, 0) is 24.6 Å². The molecule has 2 rings (SSSR count). The summed E-state index contributed by atoms with van der Waals surface area (Å²) in [5, 5.41) is 8.95. The molecule has 2 N–H and O–H groups in total. The average molecular weight is 333 g/mol. The van der Waals surface area contributed by atoms with E-state index in [2.05, 4.69) is 20.5 Å². The molecule has 1 heterocycles. The zero-order chi connectivity index (χ0) is 17.5. The summed E-state index contributed by atoms with van der Waals surface area (Å²) in [4.78, 5) is 23.7. The van der Waals surface area contributed by atoms with Crippen molar-refractivity contribution in [2.24, 2.45) is 0 Å². The number of benzene rings is 1. The zero-order valence-corrected chi connectivity index (χ0v) is 13.7. The fourth-order valence-electron chi connectivity index (χ4n) is 2.07. The molecular formula is C16H19N3O5. The predicted octanol–water partition coefficient (Wildman–Crippen LogP) is 2.42. The van der Waals surface area contributed by atoms with Gasteiger partial charge in [-0.1, -0.05) is 17.3 Å². The highest BCUT2D eigenvalue weighted by molar-refractivity contribution is 5.88. The van der Waals surface area contributed by atoms with E-state index in [-0.39, 0.29) is 12.2 Å². The van der Waals surface area contributed by atoms with E-state index in [0.717, 1.165) is 5.56 Å². The van der Waals surface area contributed by atoms with Crippen LogP contribution in [-0.4, -0.2) is 31.4 Å². The summed E-state index contributed by atoms with van der Waals surface area (Å²) in [6.07, 6.45) is -0.00586. The Balaban J connectivity index is 2.09. The van der Waals surface area contributed by atoms with E-state index in [0.29, 0.717) is 11.5 Å². The molecule has 0 aliphatic rings. The first kappa shape index (κ1) is 17.3. The van der Waals surface area contributed by atoms with Crippen LogP contribution in [0.4, 0.5) is 10.6 Å². The fourth-order valence-corrected chi connectivity index (χ4v) is 2.07. The van der Waals surface area contributed by atoms with Crippen LogP contribution >= 0.6 is 0 Å². The Morgan fingerprint density at radius 3 is 2.50 bits per heavy atom. The maximum Gasteiger partial charge on any atom is 0.320 e. The van der Waals surface area contributed by atoms with Crippen molar-refractivity contribution in [1.82, 2.24) is 10.5 Å². The summed E-state index contributed by atoms with van der Waals surface area (Å²) in [6.45, 7) is 1.72. The van der Waals surface area contributed by atoms with E-state index in [1.165, 1.54) is 7.11 Å². The molecule has 0 bridgehead atoms. The summed E-state index contributed by atoms with van der Waals surface area (Å²) >= 11 is 0. The lowest BCUT2D eigenvalue weighted by Crippen LogP contribution is -2.34. The van der Waals surface area contributed by atoms with Gasteiger partial charge in [0.1, 0.15) is 11.5 Å². The van der Waals surface area contributed by atoms with Crippen molar-refractivity contribution in [3.63, 3.8) is 0 Å². The molecule has 8 nitrogen and oxygen atoms in total. The van der Waals surface area contributed by atoms with Gasteiger partial charge in [-0.15, -0.1) is 0 Å². The first-order valence-corrected chi connectivity index (χ1v) is 7.23. The Labute approximate surface area is 139 Å². The van der Waals surface area contributed by atoms with Crippen LogP contribution in [0.25, 0.3) is 0 Å². The Kier molecular flexibility index (Phi) is 5.78. The molecule has 2 amide bonds. The van der Waals surface area contributed by atoms with Crippen LogP contribution in [0.2, 0.25) is 0 Å². The molecule has 1 atom stereocenters. The number of amides is 2. The first-order chi connectivity index (χ1) is 11.5. The van der Waals surface area contributed by atoms with E-state index >= 15 is 0 Å². The fraction of sp³-hybridized carbons (Fsp3) is 0.312. The number of hydrogen-bond acceptors (Lipinski definition) is 6. The highest BCUT2D eigenvalue weighted by Crippen LogP contribution is 2.21. The highest BCUT2D eigenvalue weighted by atomic mass is 16.5. The number of rotatable bonds is 6. The van der Waals surface area contributed by atoms with Crippen molar-refractivity contribution >= 4 is 17.8 Å². The van der Waals surface area contributed by atoms with E-state index in [9.17, 15) is 9.59 Å². The van der Waals surface area contributed by atoms with Crippen LogP contribution in [0.3, 0.4) is 0 Å². The van der Waals surface area contributed by atoms with Crippen molar-refractivity contribution in [2.45, 2.75) is 19.4 Å². The molecule has 0 aliphatic heterocycles. The molecule has 0 saturated heterocycles. The number of anilines is 1. The minimum absolute atomic E-state index is 0.00586. The number of methoxy groups -OCH3 is 2. The summed E-state index contributed by atoms with van der Waals surface area (Å²) in [5.74, 6) is 1.11. The number of ether oxygens (including phenoxy) is 2. The van der Waals surface area contributed by atoms with Gasteiger partial charge in [-0.2, -0.15) is 0 Å². The lowest BCUT2D eigenvalue weighted by atomic mass is 10.0. The second-order valence-electron chi connectivity index (χ2n) is 5.03. The van der Waals surface area contributed by atoms with Crippen LogP contribution in [-0.2, 0) is 9.53 Å². The largest absolute Gasteiger partial charge is 0.497 e. The molecule has 1 aromatic heterocycles. The topological polar surface area (TPSA) is 103 Å². The van der Waals surface area contributed by atoms with Gasteiger partial charge in [0.2, 0.25) is 0 Å². The predicted molar refractivity (Wildman–Crippen MR) is 85.8 cm³/mol. The summed E-state index contributed by atoms with van der Waals surface area (Å²) in [6, 6.07) is 7.56. The van der Waals surface area contributed by atoms with Gasteiger partial charge in [0.25, 0.3) is 0 Å². The number of aromatic nitrogens is 1. The number of nitrogens with one attached hydrogen (secondary N) is 2. The monoisotopic (exact) mass is 333 g/mol. The van der Waals surface area contributed by atoms with E-state index in [1.54, 1.807) is 44.4 Å². The van der Waals surface area contributed by atoms with Crippen molar-refractivity contribution in [2.75, 3.05) is 19.5 Å². The van der Waals surface area contributed by atoms with Gasteiger partial charge in [-0.3, -0.25) is 10.1 Å². The molecule has 0 unspecified atom stereocenters. The SMILES string of the molecule is COC(=O)C[C@H](NC(=O)Nc1cc(C)on1)c1ccc(OC)cc1. The maximum atomic E-state index is 12.1. The van der Waals surface area contributed by atoms with Gasteiger partial charge in [-0.25, -0.2) is 4.79 Å². The summed E-state index contributed by atoms with van der Waals surface area (Å²) in [7, 11) is 2.86. The molecule has 128 valence electrons. The Hall–Kier alpha value is -3.03. The minimum Gasteiger partial charge on any atom is -0.497 e. The minimum atomic E-state index is -0.559. The molecule has 0 spiro atoms. The maximum absolute atomic E-state index is 12.1. The molecular weight excluding hydrogens is 314 g/mol. The van der Waals surface area contributed by atoms with Gasteiger partial charge in [0.15, 0.2) is 5.82 Å². The molecule has 0 radical (unpaired) electrons. The third-order valence-electron chi connectivity index (χ3n) is 3.29. The number of hydrogen-bond donors (Lipinski definition) is 2. The molecule has 2 aromatic rings. The van der Waals surface area contributed by atoms with E-state index in [1.807, 2.05) is 0 Å². The summed E-state index contributed by atoms with van der Waals surface area (Å²) in [5.41, 5.74) is 0.743. The Bertz CT molecular complexity index is 696. The molecule has 1 aromatic carbocycles. The van der Waals surface area contributed by atoms with Crippen LogP contribution in [0, 0.1) is 6.92 Å². The second kappa shape index (κ2) is 8.00. The van der Waals surface area contributed by atoms with Gasteiger partial charge < -0.3 is 19.3 Å². The van der Waals surface area contributed by atoms with Crippen LogP contribution in [0.5, 0.6) is 5.75 Å². The van der Waals surface area contributed by atoms with Crippen LogP contribution in [0.1, 0.15) is 23.8 Å². The normalized spacial score (nSPS) is 11.5. The lowest BCUT2D eigenvalue weighted by molar-refractivity contribution is -0.141. The van der Waals surface area contributed by atoms with Crippen LogP contribution < -0.4 is 15.4 Å². The Morgan fingerprint density at radius 1 is 1.25 bits per heavy atom. The van der Waals surface area contributed by atoms with E-state index in [4.69, 9.17) is 9.26 Å². The average Bonchev–Trinajstić information content (AvgIpc) is 2.98. The van der Waals surface area contributed by atoms with Crippen LogP contribution in [0.15, 0.2) is 34.9 Å². The molecule has 0 fully saturated rings. The van der Waals surface area contributed by atoms with Gasteiger partial charge in [0, 0.05) is 6.07 Å². The highest BCUT2D eigenvalue weighted by Gasteiger charge is 2.19. The van der Waals surface area contributed by atoms with E-state index < -0.39 is 18.0 Å². The molecule has 24 heavy (non-hydrogen) atoms. The van der Waals surface area contributed by atoms with Gasteiger partial charge in [0.05, 0.1) is 26.7 Å². The molecule has 8 heteroatoms. The number of nitrogens with zero attached hydrogens (tertiary/aromatic N) is 1.